The molecule has 0 unspecified atom stereocenters. The first-order valence-corrected chi connectivity index (χ1v) is 5.95. The molecule has 0 saturated heterocycles. The minimum absolute atomic E-state index is 0.187. The van der Waals surface area contributed by atoms with Gasteiger partial charge in [0.1, 0.15) is 6.33 Å². The number of aromatic nitrogens is 5. The zero-order chi connectivity index (χ0) is 14.0. The predicted octanol–water partition coefficient (Wildman–Crippen LogP) is 0.174. The molecule has 0 aromatic carbocycles. The number of carbonyl (C=O) groups is 1. The Bertz CT molecular complexity index is 584. The molecule has 8 nitrogen and oxygen atoms in total. The van der Waals surface area contributed by atoms with Crippen LogP contribution in [0.5, 0.6) is 0 Å². The van der Waals surface area contributed by atoms with Crippen LogP contribution < -0.4 is 11.1 Å². The molecule has 2 aromatic heterocycles. The molecule has 0 bridgehead atoms. The molecule has 0 saturated carbocycles. The Morgan fingerprint density at radius 2 is 2.32 bits per heavy atom. The highest BCUT2D eigenvalue weighted by Crippen LogP contribution is 2.21. The van der Waals surface area contributed by atoms with Gasteiger partial charge in [0.05, 0.1) is 17.9 Å². The molecule has 8 heteroatoms. The number of hydrogen-bond donors (Lipinski definition) is 3. The second-order valence-corrected chi connectivity index (χ2v) is 4.57. The monoisotopic (exact) mass is 263 g/mol. The molecule has 0 fully saturated rings. The van der Waals surface area contributed by atoms with E-state index >= 15 is 0 Å². The first-order chi connectivity index (χ1) is 8.99. The molecule has 0 spiro atoms. The lowest BCUT2D eigenvalue weighted by Gasteiger charge is -2.03. The molecule has 4 N–H and O–H groups in total. The minimum Gasteiger partial charge on any atom is -0.395 e. The number of nitrogens with two attached hydrogens (primary N) is 1. The summed E-state index contributed by atoms with van der Waals surface area (Å²) in [4.78, 5) is 16.0. The molecule has 0 aliphatic heterocycles. The van der Waals surface area contributed by atoms with E-state index in [1.165, 1.54) is 0 Å². The number of anilines is 1. The van der Waals surface area contributed by atoms with Crippen molar-refractivity contribution < 1.29 is 4.79 Å². The molecular formula is C11H17N7O. The average molecular weight is 263 g/mol. The van der Waals surface area contributed by atoms with Gasteiger partial charge < -0.3 is 11.1 Å². The first-order valence-electron chi connectivity index (χ1n) is 5.95. The fourth-order valence-corrected chi connectivity index (χ4v) is 1.69. The summed E-state index contributed by atoms with van der Waals surface area (Å²) in [6.45, 7) is 4.19. The Labute approximate surface area is 110 Å². The quantitative estimate of drug-likeness (QED) is 0.727. The zero-order valence-corrected chi connectivity index (χ0v) is 11.1. The van der Waals surface area contributed by atoms with Gasteiger partial charge >= 0.3 is 0 Å². The predicted molar refractivity (Wildman–Crippen MR) is 69.3 cm³/mol. The Balaban J connectivity index is 2.04. The summed E-state index contributed by atoms with van der Waals surface area (Å²) in [6.07, 6.45) is 1.57. The Morgan fingerprint density at radius 3 is 2.84 bits per heavy atom. The normalized spacial score (nSPS) is 10.9. The fourth-order valence-electron chi connectivity index (χ4n) is 1.69. The number of hydrogen-bond acceptors (Lipinski definition) is 5. The molecule has 0 atom stereocenters. The van der Waals surface area contributed by atoms with E-state index in [1.807, 2.05) is 13.8 Å². The molecule has 0 radical (unpaired) electrons. The number of aryl methyl sites for hydroxylation is 1. The molecule has 2 rings (SSSR count). The second-order valence-electron chi connectivity index (χ2n) is 4.57. The molecule has 2 aromatic rings. The Hall–Kier alpha value is -2.38. The number of H-pyrrole nitrogens is 1. The number of aromatic amines is 1. The van der Waals surface area contributed by atoms with E-state index in [0.29, 0.717) is 11.5 Å². The van der Waals surface area contributed by atoms with Crippen molar-refractivity contribution in [1.82, 2.24) is 30.3 Å². The van der Waals surface area contributed by atoms with Crippen LogP contribution in [0.2, 0.25) is 0 Å². The summed E-state index contributed by atoms with van der Waals surface area (Å²) in [5.41, 5.74) is 7.25. The standard InChI is InChI=1S/C11H17N7O/c1-6(2)9-8(12)10(16-15-9)11(19)13-4-7-14-5-18(3)17-7/h5-6H,4,12H2,1-3H3,(H,13,19)(H,15,16). The summed E-state index contributed by atoms with van der Waals surface area (Å²) in [5.74, 6) is 0.383. The van der Waals surface area contributed by atoms with Crippen molar-refractivity contribution in [3.63, 3.8) is 0 Å². The third-order valence-corrected chi connectivity index (χ3v) is 2.68. The second kappa shape index (κ2) is 5.09. The Kier molecular flexibility index (Phi) is 3.50. The van der Waals surface area contributed by atoms with Gasteiger partial charge in [0, 0.05) is 7.05 Å². The number of rotatable bonds is 4. The highest BCUT2D eigenvalue weighted by Gasteiger charge is 2.18. The van der Waals surface area contributed by atoms with Crippen LogP contribution in [0.4, 0.5) is 5.69 Å². The molecule has 102 valence electrons. The van der Waals surface area contributed by atoms with Crippen molar-refractivity contribution in [1.29, 1.82) is 0 Å². The highest BCUT2D eigenvalue weighted by atomic mass is 16.1. The van der Waals surface area contributed by atoms with Gasteiger partial charge in [0.15, 0.2) is 11.5 Å². The van der Waals surface area contributed by atoms with Gasteiger partial charge in [-0.15, -0.1) is 0 Å². The van der Waals surface area contributed by atoms with E-state index in [4.69, 9.17) is 5.73 Å². The van der Waals surface area contributed by atoms with Crippen molar-refractivity contribution in [2.45, 2.75) is 26.3 Å². The number of nitrogens with zero attached hydrogens (tertiary/aromatic N) is 4. The third-order valence-electron chi connectivity index (χ3n) is 2.68. The SMILES string of the molecule is CC(C)c1[nH]nc(C(=O)NCc2ncn(C)n2)c1N. The summed E-state index contributed by atoms with van der Waals surface area (Å²) in [5, 5.41) is 13.5. The van der Waals surface area contributed by atoms with Crippen LogP contribution in [0, 0.1) is 0 Å². The lowest BCUT2D eigenvalue weighted by atomic mass is 10.1. The number of amides is 1. The number of nitrogen functional groups attached to an aromatic ring is 1. The molecule has 19 heavy (non-hydrogen) atoms. The van der Waals surface area contributed by atoms with Crippen LogP contribution in [0.25, 0.3) is 0 Å². The molecule has 0 aliphatic rings. The van der Waals surface area contributed by atoms with E-state index in [9.17, 15) is 4.79 Å². The smallest absolute Gasteiger partial charge is 0.274 e. The van der Waals surface area contributed by atoms with Gasteiger partial charge in [-0.2, -0.15) is 10.2 Å². The van der Waals surface area contributed by atoms with Crippen molar-refractivity contribution >= 4 is 11.6 Å². The van der Waals surface area contributed by atoms with Gasteiger partial charge in [-0.05, 0) is 5.92 Å². The first kappa shape index (κ1) is 13.1. The minimum atomic E-state index is -0.340. The maximum atomic E-state index is 11.9. The van der Waals surface area contributed by atoms with Crippen LogP contribution in [0.3, 0.4) is 0 Å². The fraction of sp³-hybridized carbons (Fsp3) is 0.455. The topological polar surface area (TPSA) is 115 Å². The molecule has 2 heterocycles. The summed E-state index contributed by atoms with van der Waals surface area (Å²) >= 11 is 0. The zero-order valence-electron chi connectivity index (χ0n) is 11.1. The van der Waals surface area contributed by atoms with Gasteiger partial charge in [-0.1, -0.05) is 13.8 Å². The summed E-state index contributed by atoms with van der Waals surface area (Å²) < 4.78 is 1.57. The van der Waals surface area contributed by atoms with Gasteiger partial charge in [-0.25, -0.2) is 4.98 Å². The van der Waals surface area contributed by atoms with Crippen LogP contribution in [0.15, 0.2) is 6.33 Å². The highest BCUT2D eigenvalue weighted by molar-refractivity contribution is 5.97. The van der Waals surface area contributed by atoms with Crippen LogP contribution in [-0.4, -0.2) is 30.9 Å². The number of carbonyl (C=O) groups excluding carboxylic acids is 1. The van der Waals surface area contributed by atoms with Gasteiger partial charge in [0.2, 0.25) is 0 Å². The van der Waals surface area contributed by atoms with Crippen molar-refractivity contribution in [2.24, 2.45) is 7.05 Å². The Morgan fingerprint density at radius 1 is 1.58 bits per heavy atom. The van der Waals surface area contributed by atoms with E-state index < -0.39 is 0 Å². The maximum Gasteiger partial charge on any atom is 0.274 e. The van der Waals surface area contributed by atoms with E-state index in [2.05, 4.69) is 25.6 Å². The lowest BCUT2D eigenvalue weighted by Crippen LogP contribution is -2.24. The van der Waals surface area contributed by atoms with Crippen molar-refractivity contribution in [3.8, 4) is 0 Å². The largest absolute Gasteiger partial charge is 0.395 e. The van der Waals surface area contributed by atoms with Gasteiger partial charge in [-0.3, -0.25) is 14.6 Å². The summed E-state index contributed by atoms with van der Waals surface area (Å²) in [7, 11) is 1.76. The van der Waals surface area contributed by atoms with E-state index in [-0.39, 0.29) is 24.1 Å². The molecule has 0 aliphatic carbocycles. The van der Waals surface area contributed by atoms with E-state index in [0.717, 1.165) is 5.69 Å². The van der Waals surface area contributed by atoms with Crippen LogP contribution >= 0.6 is 0 Å². The summed E-state index contributed by atoms with van der Waals surface area (Å²) in [6, 6.07) is 0. The van der Waals surface area contributed by atoms with Crippen molar-refractivity contribution in [3.05, 3.63) is 23.5 Å². The average Bonchev–Trinajstić information content (AvgIpc) is 2.92. The molecular weight excluding hydrogens is 246 g/mol. The van der Waals surface area contributed by atoms with Crippen molar-refractivity contribution in [2.75, 3.05) is 5.73 Å². The molecule has 1 amide bonds. The number of nitrogens with one attached hydrogen (secondary N) is 2. The lowest BCUT2D eigenvalue weighted by molar-refractivity contribution is 0.0945. The third kappa shape index (κ3) is 2.72. The van der Waals surface area contributed by atoms with Crippen LogP contribution in [-0.2, 0) is 13.6 Å². The van der Waals surface area contributed by atoms with Crippen LogP contribution in [0.1, 0.15) is 41.8 Å². The maximum absolute atomic E-state index is 11.9. The van der Waals surface area contributed by atoms with E-state index in [1.54, 1.807) is 18.1 Å². The van der Waals surface area contributed by atoms with Gasteiger partial charge in [0.25, 0.3) is 5.91 Å².